The van der Waals surface area contributed by atoms with E-state index in [1.165, 1.54) is 87.7 Å². The Morgan fingerprint density at radius 1 is 0.353 bits per heavy atom. The first-order valence-corrected chi connectivity index (χ1v) is 24.9. The number of rotatable bonds is 7. The van der Waals surface area contributed by atoms with E-state index < -0.39 is 5.41 Å². The van der Waals surface area contributed by atoms with E-state index in [1.807, 2.05) is 0 Å². The number of hydrogen-bond acceptors (Lipinski definition) is 1. The summed E-state index contributed by atoms with van der Waals surface area (Å²) in [6.45, 7) is 0. The fourth-order valence-electron chi connectivity index (χ4n) is 14.5. The molecule has 326 valence electrons. The van der Waals surface area contributed by atoms with Crippen LogP contribution in [0.1, 0.15) is 65.5 Å². The minimum atomic E-state index is -0.462. The molecule has 10 aromatic rings. The minimum Gasteiger partial charge on any atom is -0.292 e. The van der Waals surface area contributed by atoms with Gasteiger partial charge < -0.3 is 0 Å². The molecular formula is C66H52N2. The molecule has 0 N–H and O–H groups in total. The summed E-state index contributed by atoms with van der Waals surface area (Å²) < 4.78 is 2.28. The van der Waals surface area contributed by atoms with Gasteiger partial charge in [-0.25, -0.2) is 4.98 Å². The molecule has 9 aromatic carbocycles. The van der Waals surface area contributed by atoms with Crippen molar-refractivity contribution in [2.75, 3.05) is 0 Å². The van der Waals surface area contributed by atoms with Crippen molar-refractivity contribution in [2.45, 2.75) is 42.9 Å². The smallest absolute Gasteiger partial charge is 0.145 e. The molecule has 1 aromatic heterocycles. The minimum absolute atomic E-state index is 0.0240. The van der Waals surface area contributed by atoms with E-state index in [2.05, 4.69) is 235 Å². The highest BCUT2D eigenvalue weighted by Gasteiger charge is 2.63. The fourth-order valence-corrected chi connectivity index (χ4v) is 14.5. The molecule has 1 spiro atoms. The zero-order valence-corrected chi connectivity index (χ0v) is 38.2. The largest absolute Gasteiger partial charge is 0.292 e. The first-order valence-electron chi connectivity index (χ1n) is 24.9. The van der Waals surface area contributed by atoms with Gasteiger partial charge in [-0.2, -0.15) is 0 Å². The first-order chi connectivity index (χ1) is 33.7. The van der Waals surface area contributed by atoms with E-state index in [-0.39, 0.29) is 5.41 Å². The van der Waals surface area contributed by atoms with Crippen molar-refractivity contribution in [3.63, 3.8) is 0 Å². The molecule has 15 rings (SSSR count). The van der Waals surface area contributed by atoms with E-state index in [0.717, 1.165) is 39.9 Å². The van der Waals surface area contributed by atoms with Crippen molar-refractivity contribution in [3.05, 3.63) is 264 Å². The Morgan fingerprint density at radius 2 is 0.824 bits per heavy atom. The van der Waals surface area contributed by atoms with Crippen LogP contribution in [-0.2, 0) is 10.8 Å². The van der Waals surface area contributed by atoms with Crippen LogP contribution in [0, 0.1) is 23.7 Å². The summed E-state index contributed by atoms with van der Waals surface area (Å²) in [5.74, 6) is 4.05. The fraction of sp³-hybridized carbons (Fsp3) is 0.167. The van der Waals surface area contributed by atoms with Gasteiger partial charge in [0.25, 0.3) is 0 Å². The quantitative estimate of drug-likeness (QED) is 0.156. The summed E-state index contributed by atoms with van der Waals surface area (Å²) in [6, 6.07) is 86.4. The van der Waals surface area contributed by atoms with Crippen LogP contribution in [0.4, 0.5) is 0 Å². The molecule has 0 amide bonds. The van der Waals surface area contributed by atoms with Gasteiger partial charge in [-0.15, -0.1) is 0 Å². The molecule has 4 bridgehead atoms. The second-order valence-electron chi connectivity index (χ2n) is 20.3. The molecular weight excluding hydrogens is 821 g/mol. The number of hydrogen-bond donors (Lipinski definition) is 0. The standard InChI is InChI=1S/C66H52N2/c1-4-20-53(21-5-1)65(54-22-6-2-7-23-54)58-26-10-11-27-59(58)66(55-37-44-36-45(39-55)40-56(66)38-44)60-35-34-51(43-61(60)65)47-32-30-46(31-33-47)48-16-14-17-49(41-48)50-18-15-19-52(42-50)64-67-62-28-12-13-29-63(62)68(64)57-24-8-3-9-25-57/h1-35,41-45,55-56H,36-40H2. The van der Waals surface area contributed by atoms with E-state index in [0.29, 0.717) is 11.8 Å². The lowest BCUT2D eigenvalue weighted by Crippen LogP contribution is -2.59. The summed E-state index contributed by atoms with van der Waals surface area (Å²) in [5, 5.41) is 0. The van der Waals surface area contributed by atoms with E-state index in [4.69, 9.17) is 4.98 Å². The molecule has 0 radical (unpaired) electrons. The van der Waals surface area contributed by atoms with E-state index >= 15 is 0 Å². The maximum absolute atomic E-state index is 5.17. The lowest BCUT2D eigenvalue weighted by molar-refractivity contribution is -0.0440. The van der Waals surface area contributed by atoms with Crippen molar-refractivity contribution in [1.29, 1.82) is 0 Å². The normalized spacial score (nSPS) is 21.7. The molecule has 0 unspecified atom stereocenters. The SMILES string of the molecule is c1ccc(-n2c(-c3cccc(-c4cccc(-c5ccc(-c6ccc7c(c6)C(c6ccccc6)(c6ccccc6)c6ccccc6C76C7CC8CC(C7)CC6C8)cc5)c4)c3)nc3ccccc32)cc1. The van der Waals surface area contributed by atoms with Gasteiger partial charge in [-0.05, 0) is 165 Å². The molecule has 2 heteroatoms. The zero-order chi connectivity index (χ0) is 44.8. The van der Waals surface area contributed by atoms with Gasteiger partial charge in [0.1, 0.15) is 5.82 Å². The Hall–Kier alpha value is -7.55. The van der Waals surface area contributed by atoms with Gasteiger partial charge in [0.15, 0.2) is 0 Å². The Morgan fingerprint density at radius 3 is 1.46 bits per heavy atom. The third kappa shape index (κ3) is 5.86. The van der Waals surface area contributed by atoms with Gasteiger partial charge in [0.05, 0.1) is 16.4 Å². The summed E-state index contributed by atoms with van der Waals surface area (Å²) in [4.78, 5) is 5.17. The average Bonchev–Trinajstić information content (AvgIpc) is 3.80. The van der Waals surface area contributed by atoms with Crippen LogP contribution in [0.3, 0.4) is 0 Å². The van der Waals surface area contributed by atoms with Gasteiger partial charge in [0.2, 0.25) is 0 Å². The second-order valence-corrected chi connectivity index (χ2v) is 20.3. The van der Waals surface area contributed by atoms with Crippen molar-refractivity contribution in [3.8, 4) is 50.5 Å². The average molecular weight is 873 g/mol. The van der Waals surface area contributed by atoms with Crippen LogP contribution in [0.5, 0.6) is 0 Å². The topological polar surface area (TPSA) is 17.8 Å². The molecule has 4 saturated carbocycles. The van der Waals surface area contributed by atoms with Crippen LogP contribution >= 0.6 is 0 Å². The van der Waals surface area contributed by atoms with Crippen LogP contribution in [0.2, 0.25) is 0 Å². The molecule has 1 heterocycles. The molecule has 5 aliphatic rings. The Balaban J connectivity index is 0.870. The summed E-state index contributed by atoms with van der Waals surface area (Å²) in [7, 11) is 0. The summed E-state index contributed by atoms with van der Waals surface area (Å²) >= 11 is 0. The van der Waals surface area contributed by atoms with Crippen molar-refractivity contribution in [1.82, 2.24) is 9.55 Å². The van der Waals surface area contributed by atoms with Gasteiger partial charge in [-0.3, -0.25) is 4.57 Å². The Kier molecular flexibility index (Phi) is 9.03. The predicted octanol–water partition coefficient (Wildman–Crippen LogP) is 16.1. The molecule has 68 heavy (non-hydrogen) atoms. The number of aromatic nitrogens is 2. The van der Waals surface area contributed by atoms with Gasteiger partial charge in [0, 0.05) is 16.7 Å². The van der Waals surface area contributed by atoms with Gasteiger partial charge >= 0.3 is 0 Å². The number of para-hydroxylation sites is 3. The van der Waals surface area contributed by atoms with Crippen LogP contribution in [0.25, 0.3) is 61.5 Å². The van der Waals surface area contributed by atoms with Crippen LogP contribution < -0.4 is 0 Å². The maximum Gasteiger partial charge on any atom is 0.145 e. The summed E-state index contributed by atoms with van der Waals surface area (Å²) in [6.07, 6.45) is 6.88. The molecule has 0 atom stereocenters. The summed E-state index contributed by atoms with van der Waals surface area (Å²) in [5.41, 5.74) is 19.9. The maximum atomic E-state index is 5.17. The van der Waals surface area contributed by atoms with Crippen molar-refractivity contribution < 1.29 is 0 Å². The molecule has 2 nitrogen and oxygen atoms in total. The Labute approximate surface area is 399 Å². The highest BCUT2D eigenvalue weighted by Crippen LogP contribution is 2.70. The lowest BCUT2D eigenvalue weighted by Gasteiger charge is -2.65. The zero-order valence-electron chi connectivity index (χ0n) is 38.2. The van der Waals surface area contributed by atoms with Crippen molar-refractivity contribution in [2.24, 2.45) is 23.7 Å². The number of benzene rings is 9. The van der Waals surface area contributed by atoms with Crippen LogP contribution in [0.15, 0.2) is 231 Å². The monoisotopic (exact) mass is 872 g/mol. The number of nitrogens with zero attached hydrogens (tertiary/aromatic N) is 2. The third-order valence-corrected chi connectivity index (χ3v) is 16.9. The van der Waals surface area contributed by atoms with E-state index in [9.17, 15) is 0 Å². The molecule has 0 saturated heterocycles. The highest BCUT2D eigenvalue weighted by molar-refractivity contribution is 5.85. The molecule has 4 fully saturated rings. The third-order valence-electron chi connectivity index (χ3n) is 16.9. The molecule has 5 aliphatic carbocycles. The molecule has 0 aliphatic heterocycles. The first kappa shape index (κ1) is 39.6. The van der Waals surface area contributed by atoms with Crippen molar-refractivity contribution >= 4 is 11.0 Å². The Bertz CT molecular complexity index is 3440. The predicted molar refractivity (Wildman–Crippen MR) is 279 cm³/mol. The van der Waals surface area contributed by atoms with E-state index in [1.54, 1.807) is 11.1 Å². The highest BCUT2D eigenvalue weighted by atomic mass is 15.1. The second kappa shape index (κ2) is 15.5. The van der Waals surface area contributed by atoms with Gasteiger partial charge in [-0.1, -0.05) is 188 Å². The number of imidazole rings is 1. The van der Waals surface area contributed by atoms with Crippen LogP contribution in [-0.4, -0.2) is 9.55 Å². The lowest BCUT2D eigenvalue weighted by atomic mass is 9.38. The number of fused-ring (bicyclic) bond motifs is 3.